The molecule has 2 aliphatic rings. The molecule has 0 spiro atoms. The molecule has 2 heterocycles. The smallest absolute Gasteiger partial charge is 0.227 e. The van der Waals surface area contributed by atoms with Gasteiger partial charge in [0.05, 0.1) is 25.2 Å². The average molecular weight is 408 g/mol. The number of fused-ring (bicyclic) bond motifs is 1. The molecule has 0 saturated carbocycles. The van der Waals surface area contributed by atoms with Crippen molar-refractivity contribution in [2.24, 2.45) is 5.92 Å². The maximum atomic E-state index is 12.9. The van der Waals surface area contributed by atoms with E-state index in [2.05, 4.69) is 5.32 Å². The highest BCUT2D eigenvalue weighted by Crippen LogP contribution is 2.33. The standard InChI is InChI=1S/C24H28N2O4/c1-15-6-4-7-20(16(15)2)26-14-19(13-23(26)27)24(28)25-17(3)18-8-9-21-22(12-18)30-11-5-10-29-21/h4,6-9,12,17,19H,5,10-11,13-14H2,1-3H3,(H,25,28). The van der Waals surface area contributed by atoms with Gasteiger partial charge in [-0.15, -0.1) is 0 Å². The lowest BCUT2D eigenvalue weighted by Gasteiger charge is -2.21. The number of hydrogen-bond donors (Lipinski definition) is 1. The van der Waals surface area contributed by atoms with E-state index in [0.29, 0.717) is 25.5 Å². The molecule has 0 aromatic heterocycles. The molecule has 1 N–H and O–H groups in total. The summed E-state index contributed by atoms with van der Waals surface area (Å²) >= 11 is 0. The Morgan fingerprint density at radius 1 is 1.13 bits per heavy atom. The van der Waals surface area contributed by atoms with E-state index in [4.69, 9.17) is 9.47 Å². The number of nitrogens with one attached hydrogen (secondary N) is 1. The first-order valence-corrected chi connectivity index (χ1v) is 10.5. The minimum atomic E-state index is -0.361. The Morgan fingerprint density at radius 2 is 1.90 bits per heavy atom. The van der Waals surface area contributed by atoms with Gasteiger partial charge in [0.15, 0.2) is 11.5 Å². The van der Waals surface area contributed by atoms with Gasteiger partial charge in [-0.25, -0.2) is 0 Å². The molecule has 0 bridgehead atoms. The van der Waals surface area contributed by atoms with Crippen LogP contribution < -0.4 is 19.7 Å². The lowest BCUT2D eigenvalue weighted by atomic mass is 10.0. The monoisotopic (exact) mass is 408 g/mol. The molecule has 2 aromatic carbocycles. The van der Waals surface area contributed by atoms with Crippen LogP contribution in [0.2, 0.25) is 0 Å². The fourth-order valence-corrected chi connectivity index (χ4v) is 4.01. The molecule has 2 aromatic rings. The zero-order chi connectivity index (χ0) is 21.3. The molecule has 158 valence electrons. The maximum absolute atomic E-state index is 12.9. The second-order valence-corrected chi connectivity index (χ2v) is 8.11. The topological polar surface area (TPSA) is 67.9 Å². The number of amides is 2. The van der Waals surface area contributed by atoms with E-state index in [1.54, 1.807) is 4.90 Å². The third kappa shape index (κ3) is 3.99. The molecule has 30 heavy (non-hydrogen) atoms. The molecule has 2 atom stereocenters. The Labute approximate surface area is 177 Å². The fraction of sp³-hybridized carbons (Fsp3) is 0.417. The summed E-state index contributed by atoms with van der Waals surface area (Å²) in [4.78, 5) is 27.3. The predicted octanol–water partition coefficient (Wildman–Crippen LogP) is 3.70. The summed E-state index contributed by atoms with van der Waals surface area (Å²) in [5.74, 6) is 0.978. The molecule has 1 saturated heterocycles. The Morgan fingerprint density at radius 3 is 2.70 bits per heavy atom. The number of anilines is 1. The summed E-state index contributed by atoms with van der Waals surface area (Å²) in [6.45, 7) is 7.65. The van der Waals surface area contributed by atoms with Crippen LogP contribution in [-0.4, -0.2) is 31.6 Å². The summed E-state index contributed by atoms with van der Waals surface area (Å²) in [6.07, 6.45) is 1.08. The van der Waals surface area contributed by atoms with Gasteiger partial charge in [0.2, 0.25) is 11.8 Å². The Bertz CT molecular complexity index is 972. The second-order valence-electron chi connectivity index (χ2n) is 8.11. The van der Waals surface area contributed by atoms with Crippen LogP contribution in [0.25, 0.3) is 0 Å². The van der Waals surface area contributed by atoms with E-state index in [1.807, 2.05) is 57.2 Å². The minimum absolute atomic E-state index is 0.00733. The van der Waals surface area contributed by atoms with Gasteiger partial charge in [-0.05, 0) is 55.7 Å². The van der Waals surface area contributed by atoms with Crippen molar-refractivity contribution in [3.05, 3.63) is 53.1 Å². The number of benzene rings is 2. The first-order valence-electron chi connectivity index (χ1n) is 10.5. The summed E-state index contributed by atoms with van der Waals surface area (Å²) in [5.41, 5.74) is 4.05. The molecule has 2 amide bonds. The van der Waals surface area contributed by atoms with Crippen LogP contribution in [0.15, 0.2) is 36.4 Å². The number of carbonyl (C=O) groups is 2. The van der Waals surface area contributed by atoms with Gasteiger partial charge in [0.1, 0.15) is 0 Å². The van der Waals surface area contributed by atoms with Crippen molar-refractivity contribution in [2.45, 2.75) is 39.7 Å². The van der Waals surface area contributed by atoms with Crippen molar-refractivity contribution in [2.75, 3.05) is 24.7 Å². The molecule has 1 fully saturated rings. The van der Waals surface area contributed by atoms with Crippen LogP contribution in [0.5, 0.6) is 11.5 Å². The van der Waals surface area contributed by atoms with E-state index < -0.39 is 0 Å². The molecule has 0 radical (unpaired) electrons. The van der Waals surface area contributed by atoms with Crippen molar-refractivity contribution in [1.29, 1.82) is 0 Å². The van der Waals surface area contributed by atoms with Gasteiger partial charge in [-0.3, -0.25) is 9.59 Å². The molecule has 2 aliphatic heterocycles. The first-order chi connectivity index (χ1) is 14.4. The second kappa shape index (κ2) is 8.38. The normalized spacial score (nSPS) is 19.4. The Kier molecular flexibility index (Phi) is 5.66. The summed E-state index contributed by atoms with van der Waals surface area (Å²) in [7, 11) is 0. The molecule has 6 nitrogen and oxygen atoms in total. The van der Waals surface area contributed by atoms with Crippen LogP contribution in [0.3, 0.4) is 0 Å². The van der Waals surface area contributed by atoms with Crippen molar-refractivity contribution in [3.8, 4) is 11.5 Å². The van der Waals surface area contributed by atoms with E-state index in [0.717, 1.165) is 34.5 Å². The number of ether oxygens (including phenoxy) is 2. The quantitative estimate of drug-likeness (QED) is 0.838. The maximum Gasteiger partial charge on any atom is 0.227 e. The Hall–Kier alpha value is -3.02. The van der Waals surface area contributed by atoms with Gasteiger partial charge in [0, 0.05) is 25.1 Å². The number of carbonyl (C=O) groups excluding carboxylic acids is 2. The summed E-state index contributed by atoms with van der Waals surface area (Å²) < 4.78 is 11.4. The highest BCUT2D eigenvalue weighted by atomic mass is 16.5. The van der Waals surface area contributed by atoms with Crippen LogP contribution in [-0.2, 0) is 9.59 Å². The van der Waals surface area contributed by atoms with Crippen molar-refractivity contribution in [1.82, 2.24) is 5.32 Å². The van der Waals surface area contributed by atoms with Gasteiger partial charge >= 0.3 is 0 Å². The Balaban J connectivity index is 1.43. The van der Waals surface area contributed by atoms with Crippen LogP contribution in [0, 0.1) is 19.8 Å². The average Bonchev–Trinajstić information content (AvgIpc) is 2.96. The van der Waals surface area contributed by atoms with Crippen molar-refractivity contribution < 1.29 is 19.1 Å². The molecular weight excluding hydrogens is 380 g/mol. The SMILES string of the molecule is Cc1cccc(N2CC(C(=O)NC(C)c3ccc4c(c3)OCCCO4)CC2=O)c1C. The highest BCUT2D eigenvalue weighted by Gasteiger charge is 2.36. The number of nitrogens with zero attached hydrogens (tertiary/aromatic N) is 1. The highest BCUT2D eigenvalue weighted by molar-refractivity contribution is 6.01. The zero-order valence-corrected chi connectivity index (χ0v) is 17.7. The third-order valence-corrected chi connectivity index (χ3v) is 5.99. The molecule has 0 aliphatic carbocycles. The van der Waals surface area contributed by atoms with Crippen molar-refractivity contribution >= 4 is 17.5 Å². The van der Waals surface area contributed by atoms with E-state index in [1.165, 1.54) is 0 Å². The van der Waals surface area contributed by atoms with Gasteiger partial charge in [-0.1, -0.05) is 18.2 Å². The summed E-state index contributed by atoms with van der Waals surface area (Å²) in [6, 6.07) is 11.5. The number of hydrogen-bond acceptors (Lipinski definition) is 4. The third-order valence-electron chi connectivity index (χ3n) is 5.99. The van der Waals surface area contributed by atoms with Crippen LogP contribution in [0.1, 0.15) is 42.5 Å². The fourth-order valence-electron chi connectivity index (χ4n) is 4.01. The largest absolute Gasteiger partial charge is 0.490 e. The van der Waals surface area contributed by atoms with Crippen LogP contribution in [0.4, 0.5) is 5.69 Å². The zero-order valence-electron chi connectivity index (χ0n) is 17.7. The number of aryl methyl sites for hydroxylation is 1. The van der Waals surface area contributed by atoms with E-state index in [9.17, 15) is 9.59 Å². The molecule has 4 rings (SSSR count). The molecular formula is C24H28N2O4. The van der Waals surface area contributed by atoms with E-state index in [-0.39, 0.29) is 30.2 Å². The van der Waals surface area contributed by atoms with Crippen molar-refractivity contribution in [3.63, 3.8) is 0 Å². The lowest BCUT2D eigenvalue weighted by Crippen LogP contribution is -2.34. The van der Waals surface area contributed by atoms with E-state index >= 15 is 0 Å². The van der Waals surface area contributed by atoms with Crippen LogP contribution >= 0.6 is 0 Å². The first kappa shape index (κ1) is 20.3. The predicted molar refractivity (Wildman–Crippen MR) is 115 cm³/mol. The van der Waals surface area contributed by atoms with Gasteiger partial charge < -0.3 is 19.7 Å². The molecule has 2 unspecified atom stereocenters. The van der Waals surface area contributed by atoms with Gasteiger partial charge in [0.25, 0.3) is 0 Å². The lowest BCUT2D eigenvalue weighted by molar-refractivity contribution is -0.126. The summed E-state index contributed by atoms with van der Waals surface area (Å²) in [5, 5.41) is 3.06. The van der Waals surface area contributed by atoms with Gasteiger partial charge in [-0.2, -0.15) is 0 Å². The number of rotatable bonds is 4. The molecule has 6 heteroatoms. The minimum Gasteiger partial charge on any atom is -0.490 e.